The molecule has 2 N–H and O–H groups in total. The highest BCUT2D eigenvalue weighted by atomic mass is 16.2. The van der Waals surface area contributed by atoms with Gasteiger partial charge in [-0.1, -0.05) is 13.8 Å². The second-order valence-electron chi connectivity index (χ2n) is 6.69. The number of rotatable bonds is 5. The summed E-state index contributed by atoms with van der Waals surface area (Å²) in [7, 11) is 1.81. The number of nitrogens with zero attached hydrogens (tertiary/aromatic N) is 3. The third-order valence-electron chi connectivity index (χ3n) is 3.93. The van der Waals surface area contributed by atoms with Crippen LogP contribution in [0, 0.1) is 11.8 Å². The van der Waals surface area contributed by atoms with Crippen molar-refractivity contribution < 1.29 is 9.59 Å². The summed E-state index contributed by atoms with van der Waals surface area (Å²) >= 11 is 0. The normalized spacial score (nSPS) is 18.1. The number of anilines is 1. The lowest BCUT2D eigenvalue weighted by molar-refractivity contribution is -0.117. The Morgan fingerprint density at radius 3 is 2.87 bits per heavy atom. The van der Waals surface area contributed by atoms with Gasteiger partial charge in [-0.3, -0.25) is 9.48 Å². The number of carbonyl (C=O) groups excluding carboxylic acids is 2. The highest BCUT2D eigenvalue weighted by Gasteiger charge is 2.25. The number of amides is 3. The van der Waals surface area contributed by atoms with Gasteiger partial charge < -0.3 is 15.5 Å². The molecular formula is C16H27N5O2. The average molecular weight is 321 g/mol. The molecule has 1 aliphatic rings. The van der Waals surface area contributed by atoms with E-state index in [0.29, 0.717) is 31.1 Å². The lowest BCUT2D eigenvalue weighted by Crippen LogP contribution is -2.46. The first-order valence-corrected chi connectivity index (χ1v) is 8.25. The molecule has 0 aliphatic carbocycles. The maximum absolute atomic E-state index is 12.1. The Labute approximate surface area is 137 Å². The largest absolute Gasteiger partial charge is 0.338 e. The van der Waals surface area contributed by atoms with E-state index in [4.69, 9.17) is 0 Å². The number of likely N-dealkylation sites (tertiary alicyclic amines) is 1. The standard InChI is InChI=1S/C16H27N5O2/c1-12(2)8-17-16(23)21-6-4-5-13(10-21)7-15(22)19-14-9-18-20(3)11-14/h9,11-13H,4-8,10H2,1-3H3,(H,17,23)(H,19,22). The number of urea groups is 1. The zero-order valence-corrected chi connectivity index (χ0v) is 14.2. The third kappa shape index (κ3) is 5.58. The van der Waals surface area contributed by atoms with Gasteiger partial charge in [0.1, 0.15) is 0 Å². The van der Waals surface area contributed by atoms with E-state index in [-0.39, 0.29) is 17.9 Å². The SMILES string of the molecule is CC(C)CNC(=O)N1CCCC(CC(=O)Nc2cnn(C)c2)C1. The van der Waals surface area contributed by atoms with Crippen molar-refractivity contribution in [2.24, 2.45) is 18.9 Å². The predicted octanol–water partition coefficient (Wildman–Crippen LogP) is 1.83. The second-order valence-corrected chi connectivity index (χ2v) is 6.69. The maximum Gasteiger partial charge on any atom is 0.317 e. The van der Waals surface area contributed by atoms with Crippen LogP contribution in [0.1, 0.15) is 33.1 Å². The molecule has 128 valence electrons. The lowest BCUT2D eigenvalue weighted by atomic mass is 9.94. The van der Waals surface area contributed by atoms with Gasteiger partial charge in [-0.2, -0.15) is 5.10 Å². The van der Waals surface area contributed by atoms with Crippen LogP contribution in [0.4, 0.5) is 10.5 Å². The van der Waals surface area contributed by atoms with Crippen molar-refractivity contribution in [2.75, 3.05) is 25.0 Å². The number of carbonyl (C=O) groups is 2. The van der Waals surface area contributed by atoms with Gasteiger partial charge in [-0.05, 0) is 24.7 Å². The number of aromatic nitrogens is 2. The van der Waals surface area contributed by atoms with Crippen molar-refractivity contribution in [3.63, 3.8) is 0 Å². The van der Waals surface area contributed by atoms with Crippen molar-refractivity contribution in [1.82, 2.24) is 20.0 Å². The summed E-state index contributed by atoms with van der Waals surface area (Å²) in [5, 5.41) is 9.82. The van der Waals surface area contributed by atoms with Gasteiger partial charge in [0.05, 0.1) is 11.9 Å². The van der Waals surface area contributed by atoms with E-state index >= 15 is 0 Å². The molecule has 1 fully saturated rings. The molecule has 0 bridgehead atoms. The van der Waals surface area contributed by atoms with Crippen LogP contribution in [0.25, 0.3) is 0 Å². The molecule has 1 aliphatic heterocycles. The summed E-state index contributed by atoms with van der Waals surface area (Å²) in [5.74, 6) is 0.627. The maximum atomic E-state index is 12.1. The molecule has 3 amide bonds. The van der Waals surface area contributed by atoms with Crippen LogP contribution in [0.3, 0.4) is 0 Å². The van der Waals surface area contributed by atoms with Crippen LogP contribution >= 0.6 is 0 Å². The molecule has 2 heterocycles. The Morgan fingerprint density at radius 1 is 1.43 bits per heavy atom. The van der Waals surface area contributed by atoms with Crippen LogP contribution in [0.2, 0.25) is 0 Å². The molecule has 1 unspecified atom stereocenters. The fourth-order valence-corrected chi connectivity index (χ4v) is 2.78. The lowest BCUT2D eigenvalue weighted by Gasteiger charge is -2.32. The second kappa shape index (κ2) is 7.99. The van der Waals surface area contributed by atoms with Crippen LogP contribution in [0.5, 0.6) is 0 Å². The third-order valence-corrected chi connectivity index (χ3v) is 3.93. The minimum absolute atomic E-state index is 0.0175. The van der Waals surface area contributed by atoms with Crippen LogP contribution in [-0.2, 0) is 11.8 Å². The van der Waals surface area contributed by atoms with Crippen molar-refractivity contribution >= 4 is 17.6 Å². The summed E-state index contributed by atoms with van der Waals surface area (Å²) in [5.41, 5.74) is 0.708. The Bertz CT molecular complexity index is 540. The fourth-order valence-electron chi connectivity index (χ4n) is 2.78. The predicted molar refractivity (Wildman–Crippen MR) is 89.0 cm³/mol. The van der Waals surface area contributed by atoms with E-state index in [1.165, 1.54) is 0 Å². The number of piperidine rings is 1. The van der Waals surface area contributed by atoms with Crippen LogP contribution in [-0.4, -0.2) is 46.3 Å². The van der Waals surface area contributed by atoms with Crippen molar-refractivity contribution in [2.45, 2.75) is 33.1 Å². The van der Waals surface area contributed by atoms with Gasteiger partial charge in [-0.25, -0.2) is 4.79 Å². The molecule has 23 heavy (non-hydrogen) atoms. The van der Waals surface area contributed by atoms with Crippen molar-refractivity contribution in [3.8, 4) is 0 Å². The van der Waals surface area contributed by atoms with E-state index < -0.39 is 0 Å². The van der Waals surface area contributed by atoms with Crippen LogP contribution in [0.15, 0.2) is 12.4 Å². The van der Waals surface area contributed by atoms with E-state index in [0.717, 1.165) is 19.4 Å². The minimum atomic E-state index is -0.0209. The Morgan fingerprint density at radius 2 is 2.22 bits per heavy atom. The first-order chi connectivity index (χ1) is 10.9. The molecule has 1 saturated heterocycles. The number of nitrogens with one attached hydrogen (secondary N) is 2. The van der Waals surface area contributed by atoms with E-state index in [2.05, 4.69) is 29.6 Å². The summed E-state index contributed by atoms with van der Waals surface area (Å²) in [4.78, 5) is 26.1. The molecule has 0 saturated carbocycles. The number of hydrogen-bond donors (Lipinski definition) is 2. The molecule has 2 rings (SSSR count). The Hall–Kier alpha value is -2.05. The van der Waals surface area contributed by atoms with E-state index in [1.54, 1.807) is 17.1 Å². The highest BCUT2D eigenvalue weighted by Crippen LogP contribution is 2.20. The van der Waals surface area contributed by atoms with Gasteiger partial charge in [0, 0.05) is 39.3 Å². The van der Waals surface area contributed by atoms with Crippen molar-refractivity contribution in [3.05, 3.63) is 12.4 Å². The molecule has 0 aromatic carbocycles. The average Bonchev–Trinajstić information content (AvgIpc) is 2.89. The molecule has 7 nitrogen and oxygen atoms in total. The molecule has 1 aromatic rings. The summed E-state index contributed by atoms with van der Waals surface area (Å²) < 4.78 is 1.65. The highest BCUT2D eigenvalue weighted by molar-refractivity contribution is 5.90. The van der Waals surface area contributed by atoms with Gasteiger partial charge in [0.15, 0.2) is 0 Å². The van der Waals surface area contributed by atoms with E-state index in [1.807, 2.05) is 11.9 Å². The van der Waals surface area contributed by atoms with Crippen molar-refractivity contribution in [1.29, 1.82) is 0 Å². The fraction of sp³-hybridized carbons (Fsp3) is 0.688. The molecule has 0 radical (unpaired) electrons. The van der Waals surface area contributed by atoms with E-state index in [9.17, 15) is 9.59 Å². The molecular weight excluding hydrogens is 294 g/mol. The first-order valence-electron chi connectivity index (χ1n) is 8.25. The zero-order chi connectivity index (χ0) is 16.8. The topological polar surface area (TPSA) is 79.3 Å². The quantitative estimate of drug-likeness (QED) is 0.868. The minimum Gasteiger partial charge on any atom is -0.338 e. The first kappa shape index (κ1) is 17.3. The van der Waals surface area contributed by atoms with Crippen LogP contribution < -0.4 is 10.6 Å². The molecule has 0 spiro atoms. The molecule has 7 heteroatoms. The Kier molecular flexibility index (Phi) is 6.01. The zero-order valence-electron chi connectivity index (χ0n) is 14.2. The summed E-state index contributed by atoms with van der Waals surface area (Å²) in [6, 6.07) is -0.0175. The van der Waals surface area contributed by atoms with Gasteiger partial charge >= 0.3 is 6.03 Å². The summed E-state index contributed by atoms with van der Waals surface area (Å²) in [6.07, 6.45) is 5.76. The Balaban J connectivity index is 1.79. The van der Waals surface area contributed by atoms with Gasteiger partial charge in [0.25, 0.3) is 0 Å². The van der Waals surface area contributed by atoms with Gasteiger partial charge in [0.2, 0.25) is 5.91 Å². The van der Waals surface area contributed by atoms with Gasteiger partial charge in [-0.15, -0.1) is 0 Å². The number of aryl methyl sites for hydroxylation is 1. The monoisotopic (exact) mass is 321 g/mol. The smallest absolute Gasteiger partial charge is 0.317 e. The number of hydrogen-bond acceptors (Lipinski definition) is 3. The summed E-state index contributed by atoms with van der Waals surface area (Å²) in [6.45, 7) is 6.24. The molecule has 1 aromatic heterocycles. The molecule has 1 atom stereocenters.